The van der Waals surface area contributed by atoms with Crippen molar-refractivity contribution in [3.63, 3.8) is 0 Å². The number of rotatable bonds is 3. The molecule has 0 amide bonds. The summed E-state index contributed by atoms with van der Waals surface area (Å²) in [5.74, 6) is 0.356. The second kappa shape index (κ2) is 5.23. The van der Waals surface area contributed by atoms with Crippen LogP contribution in [0.25, 0.3) is 10.9 Å². The molecule has 1 aromatic carbocycles. The molecular formula is C13H12ClNO3. The lowest BCUT2D eigenvalue weighted by molar-refractivity contribution is -0.142. The van der Waals surface area contributed by atoms with E-state index in [1.165, 1.54) is 6.92 Å². The molecule has 0 aliphatic heterocycles. The summed E-state index contributed by atoms with van der Waals surface area (Å²) in [5.41, 5.74) is 1.32. The Labute approximate surface area is 109 Å². The average molecular weight is 266 g/mol. The van der Waals surface area contributed by atoms with Crippen molar-refractivity contribution in [3.8, 4) is 5.75 Å². The van der Waals surface area contributed by atoms with E-state index >= 15 is 0 Å². The number of halogens is 1. The van der Waals surface area contributed by atoms with Gasteiger partial charge in [0.15, 0.2) is 0 Å². The lowest BCUT2D eigenvalue weighted by Gasteiger charge is -2.07. The lowest BCUT2D eigenvalue weighted by Crippen LogP contribution is -2.01. The molecule has 0 aliphatic rings. The standard InChI is InChI=1S/C13H12ClNO3/c1-8(16)18-7-9-5-12(14)11-4-3-10(17-2)6-13(11)15-9/h3-6H,7H2,1-2H3. The van der Waals surface area contributed by atoms with E-state index in [9.17, 15) is 4.79 Å². The van der Waals surface area contributed by atoms with E-state index in [1.54, 1.807) is 19.2 Å². The number of aromatic nitrogens is 1. The van der Waals surface area contributed by atoms with Gasteiger partial charge >= 0.3 is 5.97 Å². The minimum absolute atomic E-state index is 0.113. The molecule has 2 aromatic rings. The highest BCUT2D eigenvalue weighted by atomic mass is 35.5. The molecule has 2 rings (SSSR count). The first-order valence-corrected chi connectivity index (χ1v) is 5.74. The van der Waals surface area contributed by atoms with Crippen LogP contribution in [0.5, 0.6) is 5.75 Å². The fourth-order valence-electron chi connectivity index (χ4n) is 1.59. The number of carbonyl (C=O) groups excluding carboxylic acids is 1. The van der Waals surface area contributed by atoms with Crippen LogP contribution in [0.1, 0.15) is 12.6 Å². The van der Waals surface area contributed by atoms with E-state index in [0.717, 1.165) is 5.39 Å². The third-order valence-corrected chi connectivity index (χ3v) is 2.76. The van der Waals surface area contributed by atoms with Crippen LogP contribution in [0.4, 0.5) is 0 Å². The summed E-state index contributed by atoms with van der Waals surface area (Å²) >= 11 is 6.15. The first-order valence-electron chi connectivity index (χ1n) is 5.36. The Bertz CT molecular complexity index is 598. The maximum atomic E-state index is 10.8. The fraction of sp³-hybridized carbons (Fsp3) is 0.231. The highest BCUT2D eigenvalue weighted by Crippen LogP contribution is 2.26. The normalized spacial score (nSPS) is 10.4. The van der Waals surface area contributed by atoms with E-state index in [-0.39, 0.29) is 12.6 Å². The molecular weight excluding hydrogens is 254 g/mol. The maximum absolute atomic E-state index is 10.8. The number of hydrogen-bond acceptors (Lipinski definition) is 4. The molecule has 0 fully saturated rings. The smallest absolute Gasteiger partial charge is 0.303 e. The van der Waals surface area contributed by atoms with Crippen LogP contribution in [0.3, 0.4) is 0 Å². The Morgan fingerprint density at radius 1 is 1.39 bits per heavy atom. The largest absolute Gasteiger partial charge is 0.497 e. The molecule has 0 saturated heterocycles. The first kappa shape index (κ1) is 12.6. The number of carbonyl (C=O) groups is 1. The molecule has 0 radical (unpaired) electrons. The zero-order valence-electron chi connectivity index (χ0n) is 10.1. The number of methoxy groups -OCH3 is 1. The average Bonchev–Trinajstić information content (AvgIpc) is 2.35. The van der Waals surface area contributed by atoms with Crippen molar-refractivity contribution in [1.29, 1.82) is 0 Å². The van der Waals surface area contributed by atoms with Crippen molar-refractivity contribution in [1.82, 2.24) is 4.98 Å². The summed E-state index contributed by atoms with van der Waals surface area (Å²) in [6.07, 6.45) is 0. The molecule has 0 bridgehead atoms. The van der Waals surface area contributed by atoms with E-state index in [0.29, 0.717) is 22.0 Å². The van der Waals surface area contributed by atoms with Crippen LogP contribution in [0.15, 0.2) is 24.3 Å². The van der Waals surface area contributed by atoms with Gasteiger partial charge in [0.2, 0.25) is 0 Å². The van der Waals surface area contributed by atoms with E-state index < -0.39 is 0 Å². The van der Waals surface area contributed by atoms with Crippen molar-refractivity contribution in [2.75, 3.05) is 7.11 Å². The van der Waals surface area contributed by atoms with E-state index in [4.69, 9.17) is 21.1 Å². The molecule has 5 heteroatoms. The van der Waals surface area contributed by atoms with Gasteiger partial charge in [-0.05, 0) is 18.2 Å². The van der Waals surface area contributed by atoms with Gasteiger partial charge in [-0.25, -0.2) is 4.98 Å². The molecule has 1 aromatic heterocycles. The van der Waals surface area contributed by atoms with Crippen LogP contribution in [-0.4, -0.2) is 18.1 Å². The van der Waals surface area contributed by atoms with E-state index in [2.05, 4.69) is 4.98 Å². The lowest BCUT2D eigenvalue weighted by atomic mass is 10.2. The van der Waals surface area contributed by atoms with Gasteiger partial charge < -0.3 is 9.47 Å². The van der Waals surface area contributed by atoms with Crippen LogP contribution in [0.2, 0.25) is 5.02 Å². The van der Waals surface area contributed by atoms with Crippen molar-refractivity contribution < 1.29 is 14.3 Å². The Morgan fingerprint density at radius 3 is 2.83 bits per heavy atom. The fourth-order valence-corrected chi connectivity index (χ4v) is 1.88. The molecule has 4 nitrogen and oxygen atoms in total. The Balaban J connectivity index is 2.42. The second-order valence-corrected chi connectivity index (χ2v) is 4.17. The van der Waals surface area contributed by atoms with Gasteiger partial charge in [0, 0.05) is 18.4 Å². The predicted octanol–water partition coefficient (Wildman–Crippen LogP) is 2.96. The maximum Gasteiger partial charge on any atom is 0.303 e. The van der Waals surface area contributed by atoms with Gasteiger partial charge in [-0.3, -0.25) is 4.79 Å². The van der Waals surface area contributed by atoms with Crippen LogP contribution >= 0.6 is 11.6 Å². The summed E-state index contributed by atoms with van der Waals surface area (Å²) in [5, 5.41) is 1.41. The number of esters is 1. The highest BCUT2D eigenvalue weighted by molar-refractivity contribution is 6.35. The number of pyridine rings is 1. The molecule has 0 saturated carbocycles. The zero-order chi connectivity index (χ0) is 13.1. The third kappa shape index (κ3) is 2.71. The van der Waals surface area contributed by atoms with Crippen LogP contribution in [-0.2, 0) is 16.1 Å². The third-order valence-electron chi connectivity index (χ3n) is 2.44. The topological polar surface area (TPSA) is 48.4 Å². The second-order valence-electron chi connectivity index (χ2n) is 3.76. The monoisotopic (exact) mass is 265 g/mol. The number of benzene rings is 1. The molecule has 0 atom stereocenters. The molecule has 0 spiro atoms. The predicted molar refractivity (Wildman–Crippen MR) is 68.8 cm³/mol. The molecule has 18 heavy (non-hydrogen) atoms. The van der Waals surface area contributed by atoms with Crippen molar-refractivity contribution >= 4 is 28.5 Å². The number of ether oxygens (including phenoxy) is 2. The molecule has 0 N–H and O–H groups in total. The molecule has 94 valence electrons. The molecule has 0 aliphatic carbocycles. The number of fused-ring (bicyclic) bond motifs is 1. The Kier molecular flexibility index (Phi) is 3.67. The zero-order valence-corrected chi connectivity index (χ0v) is 10.8. The summed E-state index contributed by atoms with van der Waals surface area (Å²) in [7, 11) is 1.59. The van der Waals surface area contributed by atoms with Crippen LogP contribution < -0.4 is 4.74 Å². The van der Waals surface area contributed by atoms with Crippen molar-refractivity contribution in [2.24, 2.45) is 0 Å². The van der Waals surface area contributed by atoms with Crippen molar-refractivity contribution in [3.05, 3.63) is 35.0 Å². The van der Waals surface area contributed by atoms with Gasteiger partial charge in [0.05, 0.1) is 23.3 Å². The first-order chi connectivity index (χ1) is 8.60. The SMILES string of the molecule is COc1ccc2c(Cl)cc(COC(C)=O)nc2c1. The number of nitrogens with zero attached hydrogens (tertiary/aromatic N) is 1. The van der Waals surface area contributed by atoms with Gasteiger partial charge in [0.25, 0.3) is 0 Å². The summed E-state index contributed by atoms with van der Waals surface area (Å²) < 4.78 is 10.0. The number of hydrogen-bond donors (Lipinski definition) is 0. The van der Waals surface area contributed by atoms with E-state index in [1.807, 2.05) is 12.1 Å². The van der Waals surface area contributed by atoms with Gasteiger partial charge in [0.1, 0.15) is 12.4 Å². The highest BCUT2D eigenvalue weighted by Gasteiger charge is 2.06. The summed E-state index contributed by atoms with van der Waals surface area (Å²) in [4.78, 5) is 15.1. The van der Waals surface area contributed by atoms with Crippen molar-refractivity contribution in [2.45, 2.75) is 13.5 Å². The van der Waals surface area contributed by atoms with Gasteiger partial charge in [-0.15, -0.1) is 0 Å². The Hall–Kier alpha value is -1.81. The quantitative estimate of drug-likeness (QED) is 0.801. The van der Waals surface area contributed by atoms with Gasteiger partial charge in [-0.1, -0.05) is 11.6 Å². The molecule has 0 unspecified atom stereocenters. The van der Waals surface area contributed by atoms with Gasteiger partial charge in [-0.2, -0.15) is 0 Å². The van der Waals surface area contributed by atoms with Crippen LogP contribution in [0, 0.1) is 0 Å². The summed E-state index contributed by atoms with van der Waals surface area (Å²) in [6.45, 7) is 1.47. The minimum atomic E-state index is -0.348. The minimum Gasteiger partial charge on any atom is -0.497 e. The Morgan fingerprint density at radius 2 is 2.17 bits per heavy atom. The molecule has 1 heterocycles. The summed E-state index contributed by atoms with van der Waals surface area (Å²) in [6, 6.07) is 7.15.